The highest BCUT2D eigenvalue weighted by molar-refractivity contribution is 5.78. The lowest BCUT2D eigenvalue weighted by atomic mass is 10.0. The molecule has 0 aliphatic rings. The fraction of sp³-hybridized carbons (Fsp3) is 0.238. The number of nitrogens with zero attached hydrogens (tertiary/aromatic N) is 2. The summed E-state index contributed by atoms with van der Waals surface area (Å²) in [6, 6.07) is 15.9. The van der Waals surface area contributed by atoms with Crippen LogP contribution in [0.4, 0.5) is 5.82 Å². The minimum Gasteiger partial charge on any atom is -0.490 e. The Morgan fingerprint density at radius 3 is 2.63 bits per heavy atom. The summed E-state index contributed by atoms with van der Waals surface area (Å²) in [4.78, 5) is 9.00. The molecule has 0 fully saturated rings. The van der Waals surface area contributed by atoms with Gasteiger partial charge in [-0.2, -0.15) is 0 Å². The van der Waals surface area contributed by atoms with Crippen LogP contribution < -0.4 is 16.2 Å². The third-order valence-corrected chi connectivity index (χ3v) is 4.15. The van der Waals surface area contributed by atoms with Gasteiger partial charge in [0.25, 0.3) is 0 Å². The van der Waals surface area contributed by atoms with E-state index in [2.05, 4.69) is 17.1 Å². The molecule has 0 unspecified atom stereocenters. The zero-order valence-corrected chi connectivity index (χ0v) is 15.4. The summed E-state index contributed by atoms with van der Waals surface area (Å²) in [5, 5.41) is 0. The fourth-order valence-electron chi connectivity index (χ4n) is 2.86. The first-order valence-corrected chi connectivity index (χ1v) is 8.86. The van der Waals surface area contributed by atoms with Crippen molar-refractivity contribution in [3.63, 3.8) is 0 Å². The normalized spacial score (nSPS) is 10.7. The Balaban J connectivity index is 1.98. The zero-order valence-electron chi connectivity index (χ0n) is 15.4. The topological polar surface area (TPSA) is 96.3 Å². The van der Waals surface area contributed by atoms with E-state index in [0.29, 0.717) is 36.9 Å². The van der Waals surface area contributed by atoms with Gasteiger partial charge in [-0.3, -0.25) is 0 Å². The molecule has 2 heterocycles. The lowest BCUT2D eigenvalue weighted by Crippen LogP contribution is -2.07. The van der Waals surface area contributed by atoms with Gasteiger partial charge in [-0.1, -0.05) is 24.3 Å². The molecule has 0 saturated heterocycles. The van der Waals surface area contributed by atoms with Gasteiger partial charge < -0.3 is 20.9 Å². The third-order valence-electron chi connectivity index (χ3n) is 4.15. The van der Waals surface area contributed by atoms with Crippen molar-refractivity contribution in [3.05, 3.63) is 60.3 Å². The molecule has 0 spiro atoms. The van der Waals surface area contributed by atoms with E-state index in [4.69, 9.17) is 25.9 Å². The van der Waals surface area contributed by atoms with Crippen LogP contribution in [-0.4, -0.2) is 36.8 Å². The van der Waals surface area contributed by atoms with Crippen molar-refractivity contribution < 1.29 is 9.47 Å². The summed E-state index contributed by atoms with van der Waals surface area (Å²) < 4.78 is 10.9. The minimum absolute atomic E-state index is 0.381. The molecule has 6 nitrogen and oxygen atoms in total. The van der Waals surface area contributed by atoms with Crippen LogP contribution in [0.15, 0.2) is 54.7 Å². The molecule has 2 aromatic heterocycles. The Hall–Kier alpha value is -2.96. The van der Waals surface area contributed by atoms with Crippen LogP contribution in [0.25, 0.3) is 22.5 Å². The highest BCUT2D eigenvalue weighted by atomic mass is 16.5. The van der Waals surface area contributed by atoms with Gasteiger partial charge in [-0.25, -0.2) is 9.97 Å². The predicted molar refractivity (Wildman–Crippen MR) is 107 cm³/mol. The van der Waals surface area contributed by atoms with Crippen molar-refractivity contribution in [2.45, 2.75) is 6.42 Å². The summed E-state index contributed by atoms with van der Waals surface area (Å²) in [5.74, 6) is 1.02. The molecule has 140 valence electrons. The SMILES string of the molecule is COCCOc1ccnc(N)c1-c1cccc(-c2cccc(CCN)c2)n1. The molecule has 0 atom stereocenters. The summed E-state index contributed by atoms with van der Waals surface area (Å²) in [5.41, 5.74) is 16.3. The van der Waals surface area contributed by atoms with Crippen LogP contribution in [-0.2, 0) is 11.2 Å². The van der Waals surface area contributed by atoms with E-state index >= 15 is 0 Å². The molecule has 3 rings (SSSR count). The van der Waals surface area contributed by atoms with E-state index in [9.17, 15) is 0 Å². The summed E-state index contributed by atoms with van der Waals surface area (Å²) in [7, 11) is 1.63. The van der Waals surface area contributed by atoms with Crippen LogP contribution in [0.3, 0.4) is 0 Å². The van der Waals surface area contributed by atoms with Gasteiger partial charge in [0.15, 0.2) is 0 Å². The first kappa shape index (κ1) is 18.8. The number of methoxy groups -OCH3 is 1. The largest absolute Gasteiger partial charge is 0.490 e. The number of pyridine rings is 2. The Kier molecular flexibility index (Phi) is 6.35. The van der Waals surface area contributed by atoms with Gasteiger partial charge in [0.2, 0.25) is 0 Å². The Morgan fingerprint density at radius 2 is 1.81 bits per heavy atom. The molecule has 6 heteroatoms. The molecule has 0 saturated carbocycles. The third kappa shape index (κ3) is 4.61. The minimum atomic E-state index is 0.381. The highest BCUT2D eigenvalue weighted by Gasteiger charge is 2.14. The van der Waals surface area contributed by atoms with E-state index < -0.39 is 0 Å². The van der Waals surface area contributed by atoms with E-state index in [1.165, 1.54) is 5.56 Å². The molecule has 0 amide bonds. The summed E-state index contributed by atoms with van der Waals surface area (Å²) in [6.07, 6.45) is 2.46. The van der Waals surface area contributed by atoms with Crippen molar-refractivity contribution in [2.24, 2.45) is 5.73 Å². The fourth-order valence-corrected chi connectivity index (χ4v) is 2.86. The standard InChI is InChI=1S/C21H24N4O2/c1-26-12-13-27-19-9-11-24-21(23)20(19)18-7-3-6-17(25-18)16-5-2-4-15(14-16)8-10-22/h2-7,9,11,14H,8,10,12-13,22H2,1H3,(H2,23,24). The van der Waals surface area contributed by atoms with Crippen molar-refractivity contribution in [1.82, 2.24) is 9.97 Å². The molecule has 0 bridgehead atoms. The maximum absolute atomic E-state index is 6.13. The average Bonchev–Trinajstić information content (AvgIpc) is 2.69. The van der Waals surface area contributed by atoms with Gasteiger partial charge >= 0.3 is 0 Å². The second-order valence-corrected chi connectivity index (χ2v) is 6.06. The maximum atomic E-state index is 6.13. The lowest BCUT2D eigenvalue weighted by Gasteiger charge is -2.13. The van der Waals surface area contributed by atoms with Crippen molar-refractivity contribution >= 4 is 5.82 Å². The van der Waals surface area contributed by atoms with Crippen LogP contribution in [0.2, 0.25) is 0 Å². The molecule has 0 aliphatic carbocycles. The first-order valence-electron chi connectivity index (χ1n) is 8.86. The number of ether oxygens (including phenoxy) is 2. The molecule has 3 aromatic rings. The van der Waals surface area contributed by atoms with Gasteiger partial charge in [-0.05, 0) is 42.8 Å². The number of nitrogens with two attached hydrogens (primary N) is 2. The zero-order chi connectivity index (χ0) is 19.1. The molecule has 1 aromatic carbocycles. The number of hydrogen-bond donors (Lipinski definition) is 2. The Morgan fingerprint density at radius 1 is 1.00 bits per heavy atom. The number of hydrogen-bond acceptors (Lipinski definition) is 6. The number of anilines is 1. The second kappa shape index (κ2) is 9.12. The molecule has 27 heavy (non-hydrogen) atoms. The van der Waals surface area contributed by atoms with Crippen molar-refractivity contribution in [2.75, 3.05) is 32.6 Å². The van der Waals surface area contributed by atoms with Crippen LogP contribution >= 0.6 is 0 Å². The van der Waals surface area contributed by atoms with Crippen LogP contribution in [0.5, 0.6) is 5.75 Å². The summed E-state index contributed by atoms with van der Waals surface area (Å²) in [6.45, 7) is 1.53. The Bertz CT molecular complexity index is 899. The van der Waals surface area contributed by atoms with Gasteiger partial charge in [-0.15, -0.1) is 0 Å². The van der Waals surface area contributed by atoms with E-state index in [-0.39, 0.29) is 0 Å². The number of aromatic nitrogens is 2. The van der Waals surface area contributed by atoms with Crippen LogP contribution in [0, 0.1) is 0 Å². The molecular weight excluding hydrogens is 340 g/mol. The van der Waals surface area contributed by atoms with Gasteiger partial charge in [0.1, 0.15) is 18.2 Å². The second-order valence-electron chi connectivity index (χ2n) is 6.06. The molecular formula is C21H24N4O2. The summed E-state index contributed by atoms with van der Waals surface area (Å²) >= 11 is 0. The van der Waals surface area contributed by atoms with Gasteiger partial charge in [0.05, 0.1) is 23.6 Å². The van der Waals surface area contributed by atoms with Crippen molar-refractivity contribution in [1.29, 1.82) is 0 Å². The van der Waals surface area contributed by atoms with E-state index in [0.717, 1.165) is 23.4 Å². The molecule has 0 radical (unpaired) electrons. The van der Waals surface area contributed by atoms with E-state index in [1.54, 1.807) is 19.4 Å². The first-order chi connectivity index (χ1) is 13.2. The average molecular weight is 364 g/mol. The van der Waals surface area contributed by atoms with Crippen molar-refractivity contribution in [3.8, 4) is 28.3 Å². The molecule has 4 N–H and O–H groups in total. The maximum Gasteiger partial charge on any atom is 0.136 e. The van der Waals surface area contributed by atoms with E-state index in [1.807, 2.05) is 30.3 Å². The van der Waals surface area contributed by atoms with Crippen LogP contribution in [0.1, 0.15) is 5.56 Å². The Labute approximate surface area is 159 Å². The van der Waals surface area contributed by atoms with Gasteiger partial charge in [0, 0.05) is 18.9 Å². The number of benzene rings is 1. The monoisotopic (exact) mass is 364 g/mol. The number of nitrogen functional groups attached to an aromatic ring is 1. The smallest absolute Gasteiger partial charge is 0.136 e. The lowest BCUT2D eigenvalue weighted by molar-refractivity contribution is 0.146. The highest BCUT2D eigenvalue weighted by Crippen LogP contribution is 2.34. The predicted octanol–water partition coefficient (Wildman–Crippen LogP) is 2.92. The number of rotatable bonds is 8. The molecule has 0 aliphatic heterocycles. The quantitative estimate of drug-likeness (QED) is 0.597.